The summed E-state index contributed by atoms with van der Waals surface area (Å²) in [5.74, 6) is 0. The summed E-state index contributed by atoms with van der Waals surface area (Å²) in [5, 5.41) is 8.47. The van der Waals surface area contributed by atoms with Crippen LogP contribution in [-0.2, 0) is 42.9 Å². The van der Waals surface area contributed by atoms with E-state index in [0.29, 0.717) is 0 Å². The summed E-state index contributed by atoms with van der Waals surface area (Å²) in [5.41, 5.74) is 1.64. The average Bonchev–Trinajstić information content (AvgIpc) is 3.88. The van der Waals surface area contributed by atoms with Gasteiger partial charge in [-0.15, -0.1) is 10.6 Å². The Balaban J connectivity index is 0.000000260. The quantitative estimate of drug-likeness (QED) is 0.0889. The van der Waals surface area contributed by atoms with Gasteiger partial charge in [0.25, 0.3) is 0 Å². The average molecular weight is 845 g/mol. The zero-order valence-electron chi connectivity index (χ0n) is 28.9. The standard InChI is InChI=1S/2C17H14P.C10H13.CHF2.Fe.Pd/c2*1-3-9-15(10-4-1)18(17-13-7-8-14-17)16-11-5-2-6-12-16;1-10(2,3)9-7-5-4-6-8-9;2-1-3;;/h2*1-14H;5-8H,1-3H3;1H;;/q4*-1;2*+2. The molecular weight excluding hydrogens is 803 g/mol. The fraction of sp³-hybridized carbons (Fsp3) is 0.0889. The van der Waals surface area contributed by atoms with Crippen molar-refractivity contribution in [1.29, 1.82) is 0 Å². The summed E-state index contributed by atoms with van der Waals surface area (Å²) in [6.07, 6.45) is 0. The van der Waals surface area contributed by atoms with E-state index in [0.717, 1.165) is 0 Å². The molecule has 6 heteroatoms. The molecule has 0 aromatic heterocycles. The molecule has 0 spiro atoms. The second kappa shape index (κ2) is 24.0. The molecule has 0 bridgehead atoms. The third kappa shape index (κ3) is 14.3. The van der Waals surface area contributed by atoms with Crippen LogP contribution in [0.1, 0.15) is 26.3 Å². The van der Waals surface area contributed by atoms with Crippen LogP contribution in [-0.4, -0.2) is 0 Å². The van der Waals surface area contributed by atoms with Crippen LogP contribution in [0.15, 0.2) is 194 Å². The number of benzene rings is 5. The Labute approximate surface area is 330 Å². The minimum absolute atomic E-state index is 0. The van der Waals surface area contributed by atoms with Gasteiger partial charge in [0.15, 0.2) is 0 Å². The van der Waals surface area contributed by atoms with Crippen LogP contribution < -0.4 is 31.8 Å². The smallest absolute Gasteiger partial charge is 0.425 e. The molecule has 0 atom stereocenters. The van der Waals surface area contributed by atoms with E-state index >= 15 is 0 Å². The number of rotatable bonds is 6. The van der Waals surface area contributed by atoms with Gasteiger partial charge in [0.05, 0.1) is 0 Å². The van der Waals surface area contributed by atoms with Crippen molar-refractivity contribution in [2.75, 3.05) is 0 Å². The Kier molecular flexibility index (Phi) is 20.7. The zero-order valence-corrected chi connectivity index (χ0v) is 33.3. The van der Waals surface area contributed by atoms with Gasteiger partial charge in [-0.2, -0.15) is 60.2 Å². The van der Waals surface area contributed by atoms with Crippen LogP contribution in [0.5, 0.6) is 0 Å². The summed E-state index contributed by atoms with van der Waals surface area (Å²) in [6.45, 7) is 5.63. The van der Waals surface area contributed by atoms with Gasteiger partial charge in [-0.3, -0.25) is 0 Å². The number of hydrogen-bond acceptors (Lipinski definition) is 0. The molecule has 0 unspecified atom stereocenters. The summed E-state index contributed by atoms with van der Waals surface area (Å²) in [6, 6.07) is 71.6. The van der Waals surface area contributed by atoms with Crippen molar-refractivity contribution in [2.45, 2.75) is 26.2 Å². The first-order valence-electron chi connectivity index (χ1n) is 16.1. The normalized spacial score (nSPS) is 10.2. The monoisotopic (exact) mass is 844 g/mol. The molecule has 0 fully saturated rings. The van der Waals surface area contributed by atoms with E-state index in [2.05, 4.69) is 209 Å². The van der Waals surface area contributed by atoms with E-state index in [-0.39, 0.29) is 42.9 Å². The Hall–Kier alpha value is -3.30. The third-order valence-electron chi connectivity index (χ3n) is 7.45. The molecule has 0 aliphatic rings. The Morgan fingerprint density at radius 3 is 1.00 bits per heavy atom. The topological polar surface area (TPSA) is 0 Å². The predicted octanol–water partition coefficient (Wildman–Crippen LogP) is 10.2. The summed E-state index contributed by atoms with van der Waals surface area (Å²) < 4.78 is 19.0. The molecule has 7 aromatic carbocycles. The van der Waals surface area contributed by atoms with Crippen LogP contribution in [0.4, 0.5) is 8.78 Å². The van der Waals surface area contributed by atoms with Gasteiger partial charge in [0.2, 0.25) is 0 Å². The van der Waals surface area contributed by atoms with E-state index in [4.69, 9.17) is 0 Å². The van der Waals surface area contributed by atoms with E-state index in [1.165, 1.54) is 37.4 Å². The molecule has 0 aliphatic heterocycles. The van der Waals surface area contributed by atoms with E-state index in [1.807, 2.05) is 12.1 Å². The molecule has 0 heterocycles. The fourth-order valence-corrected chi connectivity index (χ4v) is 9.73. The van der Waals surface area contributed by atoms with Crippen molar-refractivity contribution in [3.8, 4) is 0 Å². The molecule has 0 saturated carbocycles. The van der Waals surface area contributed by atoms with Gasteiger partial charge < -0.3 is 8.78 Å². The first-order chi connectivity index (χ1) is 23.9. The van der Waals surface area contributed by atoms with Gasteiger partial charge in [0.1, 0.15) is 0 Å². The molecule has 7 aromatic rings. The summed E-state index contributed by atoms with van der Waals surface area (Å²) in [7, 11) is -0.818. The van der Waals surface area contributed by atoms with Crippen LogP contribution in [0.25, 0.3) is 0 Å². The van der Waals surface area contributed by atoms with E-state index in [9.17, 15) is 8.78 Å². The van der Waals surface area contributed by atoms with Crippen molar-refractivity contribution >= 4 is 47.7 Å². The van der Waals surface area contributed by atoms with Crippen molar-refractivity contribution < 1.29 is 46.3 Å². The molecule has 0 radical (unpaired) electrons. The fourth-order valence-electron chi connectivity index (χ4n) is 5.12. The first-order valence-corrected chi connectivity index (χ1v) is 18.8. The Morgan fingerprint density at radius 1 is 0.490 bits per heavy atom. The maximum atomic E-state index is 9.50. The van der Waals surface area contributed by atoms with Crippen LogP contribution >= 0.6 is 15.8 Å². The largest absolute Gasteiger partial charge is 2.00 e. The molecule has 0 amide bonds. The van der Waals surface area contributed by atoms with Crippen molar-refractivity contribution in [3.05, 3.63) is 213 Å². The molecule has 0 nitrogen and oxygen atoms in total. The third-order valence-corrected chi connectivity index (χ3v) is 12.3. The first kappa shape index (κ1) is 43.9. The van der Waals surface area contributed by atoms with Gasteiger partial charge in [-0.05, 0) is 49.4 Å². The van der Waals surface area contributed by atoms with E-state index < -0.39 is 22.8 Å². The zero-order chi connectivity index (χ0) is 34.7. The van der Waals surface area contributed by atoms with Gasteiger partial charge in [-0.25, -0.2) is 24.3 Å². The molecule has 0 aliphatic carbocycles. The SMILES string of the molecule is CC(C)(C)c1cc[c-]cc1.F[CH-]F.[Fe+2].[Pd+2].c1ccc(P(c2ccccc2)c2ccc[cH-]2)cc1.c1ccc(P(c2ccccc2)c2ccc[cH-]2)cc1. The van der Waals surface area contributed by atoms with E-state index in [1.54, 1.807) is 0 Å². The number of halogens is 2. The van der Waals surface area contributed by atoms with Crippen LogP contribution in [0, 0.1) is 13.0 Å². The van der Waals surface area contributed by atoms with Crippen LogP contribution in [0.2, 0.25) is 0 Å². The minimum Gasteiger partial charge on any atom is -0.425 e. The Bertz CT molecular complexity index is 1620. The molecule has 51 heavy (non-hydrogen) atoms. The maximum Gasteiger partial charge on any atom is 2.00 e. The molecule has 0 saturated heterocycles. The molecule has 264 valence electrons. The molecular formula is C45H42F2FeP2Pd. The van der Waals surface area contributed by atoms with Gasteiger partial charge in [0, 0.05) is 0 Å². The second-order valence-electron chi connectivity index (χ2n) is 11.9. The van der Waals surface area contributed by atoms with Crippen molar-refractivity contribution in [3.63, 3.8) is 0 Å². The predicted molar refractivity (Wildman–Crippen MR) is 212 cm³/mol. The molecule has 0 N–H and O–H groups in total. The van der Waals surface area contributed by atoms with Crippen LogP contribution in [0.3, 0.4) is 0 Å². The molecule has 7 rings (SSSR count). The van der Waals surface area contributed by atoms with Gasteiger partial charge in [-0.1, -0.05) is 142 Å². The van der Waals surface area contributed by atoms with Crippen molar-refractivity contribution in [1.82, 2.24) is 0 Å². The summed E-state index contributed by atoms with van der Waals surface area (Å²) >= 11 is 0. The van der Waals surface area contributed by atoms with Gasteiger partial charge >= 0.3 is 37.5 Å². The Morgan fingerprint density at radius 2 is 0.784 bits per heavy atom. The second-order valence-corrected chi connectivity index (χ2v) is 16.4. The van der Waals surface area contributed by atoms with Crippen molar-refractivity contribution in [2.24, 2.45) is 0 Å². The minimum atomic E-state index is -1.00. The maximum absolute atomic E-state index is 9.50. The number of hydrogen-bond donors (Lipinski definition) is 0. The summed E-state index contributed by atoms with van der Waals surface area (Å²) in [4.78, 5) is 0.